The summed E-state index contributed by atoms with van der Waals surface area (Å²) >= 11 is 0. The Labute approximate surface area is 108 Å². The highest BCUT2D eigenvalue weighted by Gasteiger charge is 2.44. The molecule has 2 unspecified atom stereocenters. The lowest BCUT2D eigenvalue weighted by Crippen LogP contribution is -2.38. The number of benzene rings is 1. The fourth-order valence-corrected chi connectivity index (χ4v) is 3.54. The van der Waals surface area contributed by atoms with Gasteiger partial charge in [-0.2, -0.15) is 0 Å². The Morgan fingerprint density at radius 2 is 1.94 bits per heavy atom. The van der Waals surface area contributed by atoms with Crippen LogP contribution in [0.4, 0.5) is 5.69 Å². The van der Waals surface area contributed by atoms with Crippen molar-refractivity contribution >= 4 is 5.69 Å². The predicted octanol–water partition coefficient (Wildman–Crippen LogP) is 2.15. The van der Waals surface area contributed by atoms with Gasteiger partial charge in [0.1, 0.15) is 0 Å². The van der Waals surface area contributed by atoms with Gasteiger partial charge in [-0.15, -0.1) is 0 Å². The van der Waals surface area contributed by atoms with Crippen LogP contribution in [0.15, 0.2) is 18.2 Å². The van der Waals surface area contributed by atoms with Crippen LogP contribution in [0.25, 0.3) is 0 Å². The third-order valence-corrected chi connectivity index (χ3v) is 4.64. The first-order valence-electron chi connectivity index (χ1n) is 7.04. The average molecular weight is 244 g/mol. The molecule has 0 amide bonds. The highest BCUT2D eigenvalue weighted by molar-refractivity contribution is 5.46. The average Bonchev–Trinajstić information content (AvgIpc) is 2.94. The van der Waals surface area contributed by atoms with Crippen molar-refractivity contribution < 1.29 is 4.74 Å². The largest absolute Gasteiger partial charge is 0.399 e. The van der Waals surface area contributed by atoms with E-state index in [1.807, 2.05) is 6.07 Å². The first-order valence-corrected chi connectivity index (χ1v) is 7.04. The second-order valence-corrected chi connectivity index (χ2v) is 5.96. The molecule has 1 saturated heterocycles. The fourth-order valence-electron chi connectivity index (χ4n) is 3.54. The molecule has 1 aliphatic carbocycles. The Balaban J connectivity index is 1.54. The molecule has 0 bridgehead atoms. The maximum Gasteiger partial charge on any atom is 0.0759 e. The number of anilines is 1. The highest BCUT2D eigenvalue weighted by atomic mass is 16.5. The highest BCUT2D eigenvalue weighted by Crippen LogP contribution is 2.42. The van der Waals surface area contributed by atoms with E-state index in [4.69, 9.17) is 10.5 Å². The summed E-state index contributed by atoms with van der Waals surface area (Å²) in [5.41, 5.74) is 9.62. The molecule has 2 heterocycles. The number of ether oxygens (including phenoxy) is 1. The van der Waals surface area contributed by atoms with Crippen LogP contribution in [0.3, 0.4) is 0 Å². The molecule has 2 aliphatic heterocycles. The first kappa shape index (κ1) is 10.8. The zero-order valence-electron chi connectivity index (χ0n) is 10.6. The summed E-state index contributed by atoms with van der Waals surface area (Å²) in [6, 6.07) is 6.97. The summed E-state index contributed by atoms with van der Waals surface area (Å²) in [4.78, 5) is 2.60. The van der Waals surface area contributed by atoms with Gasteiger partial charge in [0.15, 0.2) is 0 Å². The van der Waals surface area contributed by atoms with Gasteiger partial charge >= 0.3 is 0 Å². The van der Waals surface area contributed by atoms with Gasteiger partial charge in [-0.25, -0.2) is 0 Å². The Bertz CT molecular complexity index is 470. The topological polar surface area (TPSA) is 38.5 Å². The van der Waals surface area contributed by atoms with Gasteiger partial charge in [-0.3, -0.25) is 4.90 Å². The minimum Gasteiger partial charge on any atom is -0.399 e. The molecule has 1 aromatic carbocycles. The zero-order valence-corrected chi connectivity index (χ0v) is 10.6. The van der Waals surface area contributed by atoms with Crippen LogP contribution < -0.4 is 5.73 Å². The lowest BCUT2D eigenvalue weighted by molar-refractivity contribution is 0.0444. The Morgan fingerprint density at radius 1 is 1.11 bits per heavy atom. The Morgan fingerprint density at radius 3 is 2.78 bits per heavy atom. The Kier molecular flexibility index (Phi) is 2.39. The molecular weight excluding hydrogens is 224 g/mol. The SMILES string of the molecule is Nc1ccc2c(c1)CN(C1CCOC1C1CC1)C2. The van der Waals surface area contributed by atoms with E-state index in [1.54, 1.807) is 0 Å². The van der Waals surface area contributed by atoms with Gasteiger partial charge in [-0.05, 0) is 48.4 Å². The molecule has 4 rings (SSSR count). The molecule has 1 aromatic rings. The molecule has 18 heavy (non-hydrogen) atoms. The third-order valence-electron chi connectivity index (χ3n) is 4.64. The minimum absolute atomic E-state index is 0.497. The molecule has 0 spiro atoms. The molecule has 2 fully saturated rings. The molecule has 3 heteroatoms. The fraction of sp³-hybridized carbons (Fsp3) is 0.600. The number of hydrogen-bond acceptors (Lipinski definition) is 3. The van der Waals surface area contributed by atoms with Crippen molar-refractivity contribution in [1.29, 1.82) is 0 Å². The lowest BCUT2D eigenvalue weighted by Gasteiger charge is -2.27. The molecular formula is C15H20N2O. The first-order chi connectivity index (χ1) is 8.81. The second kappa shape index (κ2) is 3.97. The molecule has 2 N–H and O–H groups in total. The number of fused-ring (bicyclic) bond motifs is 1. The van der Waals surface area contributed by atoms with Crippen LogP contribution >= 0.6 is 0 Å². The quantitative estimate of drug-likeness (QED) is 0.810. The van der Waals surface area contributed by atoms with Gasteiger partial charge in [0.05, 0.1) is 6.10 Å². The number of rotatable bonds is 2. The standard InChI is InChI=1S/C15H20N2O/c16-13-4-3-11-8-17(9-12(11)7-13)14-5-6-18-15(14)10-1-2-10/h3-4,7,10,14-15H,1-2,5-6,8-9,16H2. The number of nitrogens with two attached hydrogens (primary N) is 1. The Hall–Kier alpha value is -1.06. The summed E-state index contributed by atoms with van der Waals surface area (Å²) in [5.74, 6) is 0.839. The number of hydrogen-bond donors (Lipinski definition) is 1. The van der Waals surface area contributed by atoms with Crippen molar-refractivity contribution in [3.63, 3.8) is 0 Å². The molecule has 3 nitrogen and oxygen atoms in total. The summed E-state index contributed by atoms with van der Waals surface area (Å²) in [6.07, 6.45) is 4.44. The van der Waals surface area contributed by atoms with Gasteiger partial charge < -0.3 is 10.5 Å². The van der Waals surface area contributed by atoms with Crippen molar-refractivity contribution in [2.24, 2.45) is 5.92 Å². The summed E-state index contributed by atoms with van der Waals surface area (Å²) in [6.45, 7) is 3.07. The summed E-state index contributed by atoms with van der Waals surface area (Å²) in [7, 11) is 0. The van der Waals surface area contributed by atoms with Crippen LogP contribution in [0.1, 0.15) is 30.4 Å². The minimum atomic E-state index is 0.497. The van der Waals surface area contributed by atoms with E-state index in [9.17, 15) is 0 Å². The maximum absolute atomic E-state index is 5.96. The summed E-state index contributed by atoms with van der Waals surface area (Å²) < 4.78 is 5.96. The third kappa shape index (κ3) is 1.73. The molecule has 2 atom stereocenters. The normalized spacial score (nSPS) is 31.8. The van der Waals surface area contributed by atoms with Crippen LogP contribution in [0.5, 0.6) is 0 Å². The van der Waals surface area contributed by atoms with Crippen LogP contribution in [0.2, 0.25) is 0 Å². The maximum atomic E-state index is 5.96. The smallest absolute Gasteiger partial charge is 0.0759 e. The number of nitrogen functional groups attached to an aromatic ring is 1. The van der Waals surface area contributed by atoms with E-state index in [0.29, 0.717) is 12.1 Å². The van der Waals surface area contributed by atoms with Gasteiger partial charge in [0.2, 0.25) is 0 Å². The molecule has 3 aliphatic rings. The van der Waals surface area contributed by atoms with E-state index in [2.05, 4.69) is 17.0 Å². The second-order valence-electron chi connectivity index (χ2n) is 5.96. The van der Waals surface area contributed by atoms with E-state index in [-0.39, 0.29) is 0 Å². The summed E-state index contributed by atoms with van der Waals surface area (Å²) in [5, 5.41) is 0. The lowest BCUT2D eigenvalue weighted by atomic mass is 10.0. The molecule has 1 saturated carbocycles. The van der Waals surface area contributed by atoms with Crippen LogP contribution in [-0.2, 0) is 17.8 Å². The van der Waals surface area contributed by atoms with Gasteiger partial charge in [0.25, 0.3) is 0 Å². The van der Waals surface area contributed by atoms with Crippen molar-refractivity contribution in [2.75, 3.05) is 12.3 Å². The van der Waals surface area contributed by atoms with Crippen molar-refractivity contribution in [1.82, 2.24) is 4.90 Å². The van der Waals surface area contributed by atoms with E-state index in [0.717, 1.165) is 31.3 Å². The molecule has 96 valence electrons. The molecule has 0 aromatic heterocycles. The monoisotopic (exact) mass is 244 g/mol. The van der Waals surface area contributed by atoms with Gasteiger partial charge in [-0.1, -0.05) is 6.07 Å². The van der Waals surface area contributed by atoms with E-state index >= 15 is 0 Å². The van der Waals surface area contributed by atoms with E-state index < -0.39 is 0 Å². The van der Waals surface area contributed by atoms with Crippen molar-refractivity contribution in [3.8, 4) is 0 Å². The van der Waals surface area contributed by atoms with Crippen LogP contribution in [-0.4, -0.2) is 23.7 Å². The van der Waals surface area contributed by atoms with Gasteiger partial charge in [0, 0.05) is 31.4 Å². The predicted molar refractivity (Wildman–Crippen MR) is 71.0 cm³/mol. The zero-order chi connectivity index (χ0) is 12.1. The molecule has 0 radical (unpaired) electrons. The van der Waals surface area contributed by atoms with Crippen LogP contribution in [0, 0.1) is 5.92 Å². The van der Waals surface area contributed by atoms with Crippen molar-refractivity contribution in [2.45, 2.75) is 44.5 Å². The number of nitrogens with zero attached hydrogens (tertiary/aromatic N) is 1. The van der Waals surface area contributed by atoms with Crippen molar-refractivity contribution in [3.05, 3.63) is 29.3 Å². The van der Waals surface area contributed by atoms with E-state index in [1.165, 1.54) is 30.4 Å².